The molecule has 0 radical (unpaired) electrons. The van der Waals surface area contributed by atoms with Crippen molar-refractivity contribution in [3.8, 4) is 0 Å². The van der Waals surface area contributed by atoms with Gasteiger partial charge in [0.1, 0.15) is 0 Å². The summed E-state index contributed by atoms with van der Waals surface area (Å²) in [4.78, 5) is 16.3. The van der Waals surface area contributed by atoms with E-state index in [4.69, 9.17) is 0 Å². The molecule has 1 aromatic rings. The maximum Gasteiger partial charge on any atom is 0.241 e. The van der Waals surface area contributed by atoms with Gasteiger partial charge in [0.2, 0.25) is 15.9 Å². The lowest BCUT2D eigenvalue weighted by molar-refractivity contribution is -0.119. The molecule has 6 nitrogen and oxygen atoms in total. The average Bonchev–Trinajstić information content (AvgIpc) is 2.97. The normalized spacial score (nSPS) is 14.6. The number of sulfonamides is 1. The van der Waals surface area contributed by atoms with Gasteiger partial charge in [-0.3, -0.25) is 9.79 Å². The molecule has 0 saturated heterocycles. The van der Waals surface area contributed by atoms with Gasteiger partial charge in [-0.05, 0) is 49.9 Å². The zero-order valence-corrected chi connectivity index (χ0v) is 16.0. The number of carbonyl (C=O) groups is 1. The van der Waals surface area contributed by atoms with E-state index < -0.39 is 10.0 Å². The smallest absolute Gasteiger partial charge is 0.241 e. The highest BCUT2D eigenvalue weighted by atomic mass is 32.2. The van der Waals surface area contributed by atoms with Crippen LogP contribution in [0.15, 0.2) is 16.0 Å². The largest absolute Gasteiger partial charge is 0.305 e. The van der Waals surface area contributed by atoms with Crippen LogP contribution in [0.2, 0.25) is 0 Å². The van der Waals surface area contributed by atoms with Crippen molar-refractivity contribution < 1.29 is 13.2 Å². The Hall–Kier alpha value is -1.38. The number of aryl methyl sites for hydroxylation is 2. The van der Waals surface area contributed by atoms with E-state index in [-0.39, 0.29) is 18.9 Å². The molecule has 132 valence electrons. The number of amidine groups is 1. The van der Waals surface area contributed by atoms with Crippen LogP contribution in [0.1, 0.15) is 28.7 Å². The molecule has 0 saturated carbocycles. The van der Waals surface area contributed by atoms with E-state index in [1.165, 1.54) is 11.8 Å². The molecule has 1 aromatic carbocycles. The first-order valence-corrected chi connectivity index (χ1v) is 10.2. The minimum absolute atomic E-state index is 0.0536. The summed E-state index contributed by atoms with van der Waals surface area (Å²) in [6, 6.07) is 1.98. The molecule has 0 spiro atoms. The van der Waals surface area contributed by atoms with Crippen molar-refractivity contribution in [2.24, 2.45) is 4.99 Å². The van der Waals surface area contributed by atoms with Crippen molar-refractivity contribution in [2.45, 2.75) is 39.0 Å². The van der Waals surface area contributed by atoms with Gasteiger partial charge in [-0.25, -0.2) is 13.1 Å². The lowest BCUT2D eigenvalue weighted by atomic mass is 10.0. The minimum Gasteiger partial charge on any atom is -0.305 e. The third-order valence-corrected chi connectivity index (χ3v) is 6.67. The second-order valence-corrected chi connectivity index (χ2v) is 8.61. The molecule has 0 bridgehead atoms. The molecular formula is C16H23N3O3S2. The number of carbonyl (C=O) groups excluding carboxylic acids is 1. The van der Waals surface area contributed by atoms with Crippen LogP contribution in [0, 0.1) is 27.7 Å². The first-order valence-electron chi connectivity index (χ1n) is 7.76. The van der Waals surface area contributed by atoms with E-state index in [2.05, 4.69) is 15.0 Å². The van der Waals surface area contributed by atoms with Gasteiger partial charge in [0.15, 0.2) is 5.17 Å². The van der Waals surface area contributed by atoms with Crippen molar-refractivity contribution in [2.75, 3.05) is 18.8 Å². The average molecular weight is 370 g/mol. The first-order chi connectivity index (χ1) is 11.2. The van der Waals surface area contributed by atoms with E-state index in [0.29, 0.717) is 16.6 Å². The minimum atomic E-state index is -3.65. The third kappa shape index (κ3) is 4.37. The Balaban J connectivity index is 2.03. The van der Waals surface area contributed by atoms with Gasteiger partial charge in [-0.15, -0.1) is 0 Å². The van der Waals surface area contributed by atoms with Crippen LogP contribution in [-0.4, -0.2) is 38.3 Å². The van der Waals surface area contributed by atoms with Crippen molar-refractivity contribution in [1.82, 2.24) is 10.0 Å². The molecule has 1 aliphatic heterocycles. The molecule has 0 fully saturated rings. The van der Waals surface area contributed by atoms with Crippen molar-refractivity contribution in [1.29, 1.82) is 0 Å². The summed E-state index contributed by atoms with van der Waals surface area (Å²) < 4.78 is 27.8. The SMILES string of the molecule is Cc1cc(C)c(C)c(S(=O)(=O)NCCC(=O)NC2=NCCS2)c1C. The predicted octanol–water partition coefficient (Wildman–Crippen LogP) is 1.81. The fraction of sp³-hybridized carbons (Fsp3) is 0.500. The number of aliphatic imine (C=N–C) groups is 1. The molecule has 2 rings (SSSR count). The topological polar surface area (TPSA) is 87.6 Å². The van der Waals surface area contributed by atoms with Crippen LogP contribution in [0.3, 0.4) is 0 Å². The summed E-state index contributed by atoms with van der Waals surface area (Å²) in [7, 11) is -3.65. The lowest BCUT2D eigenvalue weighted by Crippen LogP contribution is -2.33. The summed E-state index contributed by atoms with van der Waals surface area (Å²) in [5, 5.41) is 3.30. The van der Waals surface area contributed by atoms with Gasteiger partial charge < -0.3 is 5.32 Å². The number of thioether (sulfide) groups is 1. The Morgan fingerprint density at radius 1 is 1.21 bits per heavy atom. The Morgan fingerprint density at radius 3 is 2.38 bits per heavy atom. The molecule has 1 aliphatic rings. The van der Waals surface area contributed by atoms with Crippen molar-refractivity contribution in [3.63, 3.8) is 0 Å². The number of rotatable bonds is 5. The summed E-state index contributed by atoms with van der Waals surface area (Å²) in [5.74, 6) is 0.632. The Bertz CT molecular complexity index is 760. The molecule has 1 amide bonds. The highest BCUT2D eigenvalue weighted by molar-refractivity contribution is 8.14. The second kappa shape index (κ2) is 7.67. The quantitative estimate of drug-likeness (QED) is 0.829. The molecule has 0 unspecified atom stereocenters. The summed E-state index contributed by atoms with van der Waals surface area (Å²) in [6.45, 7) is 8.16. The van der Waals surface area contributed by atoms with E-state index in [9.17, 15) is 13.2 Å². The summed E-state index contributed by atoms with van der Waals surface area (Å²) in [6.07, 6.45) is 0.0711. The maximum atomic E-state index is 12.6. The Kier molecular flexibility index (Phi) is 6.06. The molecule has 0 aromatic heterocycles. The number of nitrogens with zero attached hydrogens (tertiary/aromatic N) is 1. The van der Waals surface area contributed by atoms with Crippen LogP contribution in [0.25, 0.3) is 0 Å². The molecule has 8 heteroatoms. The molecular weight excluding hydrogens is 346 g/mol. The van der Waals surface area contributed by atoms with Gasteiger partial charge in [-0.1, -0.05) is 17.8 Å². The number of hydrogen-bond donors (Lipinski definition) is 2. The number of nitrogens with one attached hydrogen (secondary N) is 2. The van der Waals surface area contributed by atoms with E-state index in [1.54, 1.807) is 13.8 Å². The second-order valence-electron chi connectivity index (χ2n) is 5.82. The van der Waals surface area contributed by atoms with Crippen molar-refractivity contribution in [3.05, 3.63) is 28.3 Å². The molecule has 1 heterocycles. The van der Waals surface area contributed by atoms with Gasteiger partial charge in [0, 0.05) is 18.7 Å². The number of benzene rings is 1. The predicted molar refractivity (Wildman–Crippen MR) is 98.1 cm³/mol. The lowest BCUT2D eigenvalue weighted by Gasteiger charge is -2.16. The maximum absolute atomic E-state index is 12.6. The van der Waals surface area contributed by atoms with Crippen LogP contribution in [0.4, 0.5) is 0 Å². The van der Waals surface area contributed by atoms with E-state index in [1.807, 2.05) is 19.9 Å². The van der Waals surface area contributed by atoms with Gasteiger partial charge in [0.25, 0.3) is 0 Å². The fourth-order valence-corrected chi connectivity index (χ4v) is 4.94. The molecule has 24 heavy (non-hydrogen) atoms. The number of amides is 1. The highest BCUT2D eigenvalue weighted by Gasteiger charge is 2.22. The van der Waals surface area contributed by atoms with E-state index in [0.717, 1.165) is 28.0 Å². The Labute approximate surface area is 147 Å². The van der Waals surface area contributed by atoms with Crippen LogP contribution >= 0.6 is 11.8 Å². The van der Waals surface area contributed by atoms with Crippen molar-refractivity contribution >= 4 is 32.9 Å². The van der Waals surface area contributed by atoms with E-state index >= 15 is 0 Å². The fourth-order valence-electron chi connectivity index (χ4n) is 2.55. The standard InChI is InChI=1S/C16H23N3O3S2/c1-10-9-11(2)13(4)15(12(10)3)24(21,22)18-6-5-14(20)19-16-17-7-8-23-16/h9,18H,5-8H2,1-4H3,(H,17,19,20). The monoisotopic (exact) mass is 369 g/mol. The summed E-state index contributed by atoms with van der Waals surface area (Å²) in [5.41, 5.74) is 3.36. The van der Waals surface area contributed by atoms with Crippen LogP contribution < -0.4 is 10.0 Å². The summed E-state index contributed by atoms with van der Waals surface area (Å²) >= 11 is 1.49. The zero-order valence-electron chi connectivity index (χ0n) is 14.4. The van der Waals surface area contributed by atoms with Gasteiger partial charge in [0.05, 0.1) is 11.4 Å². The zero-order chi connectivity index (χ0) is 17.9. The number of hydrogen-bond acceptors (Lipinski definition) is 5. The van der Waals surface area contributed by atoms with Gasteiger partial charge in [-0.2, -0.15) is 0 Å². The van der Waals surface area contributed by atoms with Gasteiger partial charge >= 0.3 is 0 Å². The highest BCUT2D eigenvalue weighted by Crippen LogP contribution is 2.25. The van der Waals surface area contributed by atoms with Crippen LogP contribution in [0.5, 0.6) is 0 Å². The Morgan fingerprint density at radius 2 is 1.83 bits per heavy atom. The third-order valence-electron chi connectivity index (χ3n) is 4.04. The van der Waals surface area contributed by atoms with Crippen LogP contribution in [-0.2, 0) is 14.8 Å². The first kappa shape index (κ1) is 19.0. The molecule has 0 aliphatic carbocycles. The molecule has 0 atom stereocenters. The molecule has 2 N–H and O–H groups in total.